The van der Waals surface area contributed by atoms with E-state index in [9.17, 15) is 4.79 Å². The number of hydrogen-bond donors (Lipinski definition) is 0. The second-order valence-corrected chi connectivity index (χ2v) is 7.24. The van der Waals surface area contributed by atoms with Gasteiger partial charge in [-0.2, -0.15) is 0 Å². The van der Waals surface area contributed by atoms with Crippen LogP contribution in [0.1, 0.15) is 34.1 Å². The van der Waals surface area contributed by atoms with Crippen molar-refractivity contribution in [1.82, 2.24) is 4.90 Å². The topological polar surface area (TPSA) is 61.1 Å². The molecule has 3 heterocycles. The zero-order valence-electron chi connectivity index (χ0n) is 15.9. The molecule has 144 valence electrons. The highest BCUT2D eigenvalue weighted by atomic mass is 16.7. The highest BCUT2D eigenvalue weighted by Crippen LogP contribution is 2.50. The largest absolute Gasteiger partial charge is 0.492 e. The maximum absolute atomic E-state index is 13.1. The van der Waals surface area contributed by atoms with Crippen LogP contribution in [0.5, 0.6) is 17.2 Å². The summed E-state index contributed by atoms with van der Waals surface area (Å²) in [5.41, 5.74) is 2.87. The van der Waals surface area contributed by atoms with Crippen molar-refractivity contribution in [2.45, 2.75) is 18.9 Å². The average Bonchev–Trinajstić information content (AvgIpc) is 3.34. The predicted octanol–water partition coefficient (Wildman–Crippen LogP) is 3.97. The molecule has 0 bridgehead atoms. The van der Waals surface area contributed by atoms with Gasteiger partial charge in [0.05, 0.1) is 7.11 Å². The van der Waals surface area contributed by atoms with E-state index in [0.717, 1.165) is 35.1 Å². The molecule has 0 radical (unpaired) electrons. The Balaban J connectivity index is 1.53. The molecule has 28 heavy (non-hydrogen) atoms. The molecule has 0 amide bonds. The molecule has 0 aliphatic carbocycles. The molecule has 6 nitrogen and oxygen atoms in total. The quantitative estimate of drug-likeness (QED) is 0.639. The van der Waals surface area contributed by atoms with Gasteiger partial charge in [-0.1, -0.05) is 18.2 Å². The molecular formula is C22H21NO5. The first-order chi connectivity index (χ1) is 13.7. The lowest BCUT2D eigenvalue weighted by Gasteiger charge is -2.35. The number of nitrogens with zero attached hydrogens (tertiary/aromatic N) is 1. The number of ether oxygens (including phenoxy) is 3. The summed E-state index contributed by atoms with van der Waals surface area (Å²) in [7, 11) is 3.66. The van der Waals surface area contributed by atoms with Crippen molar-refractivity contribution in [3.63, 3.8) is 0 Å². The number of rotatable bonds is 4. The van der Waals surface area contributed by atoms with Crippen molar-refractivity contribution in [3.05, 3.63) is 53.3 Å². The third-order valence-corrected chi connectivity index (χ3v) is 5.63. The fraction of sp³-hybridized carbons (Fsp3) is 0.318. The number of carbonyl (C=O) groups excluding carboxylic acids is 1. The van der Waals surface area contributed by atoms with E-state index in [1.54, 1.807) is 7.11 Å². The number of furan rings is 1. The Hall–Kier alpha value is -2.99. The van der Waals surface area contributed by atoms with Gasteiger partial charge in [-0.05, 0) is 37.2 Å². The highest BCUT2D eigenvalue weighted by molar-refractivity contribution is 5.98. The Morgan fingerprint density at radius 1 is 1.25 bits per heavy atom. The van der Waals surface area contributed by atoms with Crippen LogP contribution < -0.4 is 14.2 Å². The number of hydrogen-bond acceptors (Lipinski definition) is 6. The standard InChI is InChI=1S/C22H21NO5/c1-23-8-7-14-10-19-21(27-12-26-19)22(25-2)20(14)15(23)11-16(24)18-9-13-5-3-4-6-17(13)28-18/h3-6,9-10,15H,7-8,11-12H2,1-2H3. The molecule has 6 heteroatoms. The van der Waals surface area contributed by atoms with Gasteiger partial charge >= 0.3 is 0 Å². The number of para-hydroxylation sites is 1. The monoisotopic (exact) mass is 379 g/mol. The summed E-state index contributed by atoms with van der Waals surface area (Å²) < 4.78 is 22.7. The lowest BCUT2D eigenvalue weighted by Crippen LogP contribution is -2.34. The Morgan fingerprint density at radius 2 is 2.11 bits per heavy atom. The molecule has 0 spiro atoms. The summed E-state index contributed by atoms with van der Waals surface area (Å²) in [5, 5.41) is 0.934. The maximum atomic E-state index is 13.1. The molecule has 5 rings (SSSR count). The summed E-state index contributed by atoms with van der Waals surface area (Å²) in [6, 6.07) is 11.4. The van der Waals surface area contributed by atoms with Crippen LogP contribution in [0, 0.1) is 0 Å². The molecule has 0 saturated carbocycles. The van der Waals surface area contributed by atoms with Gasteiger partial charge < -0.3 is 18.6 Å². The van der Waals surface area contributed by atoms with Crippen LogP contribution in [0.4, 0.5) is 0 Å². The van der Waals surface area contributed by atoms with Gasteiger partial charge in [0.1, 0.15) is 5.58 Å². The van der Waals surface area contributed by atoms with Gasteiger partial charge in [0.15, 0.2) is 23.0 Å². The van der Waals surface area contributed by atoms with Crippen LogP contribution in [0.3, 0.4) is 0 Å². The van der Waals surface area contributed by atoms with Crippen molar-refractivity contribution < 1.29 is 23.4 Å². The van der Waals surface area contributed by atoms with Crippen LogP contribution >= 0.6 is 0 Å². The van der Waals surface area contributed by atoms with Crippen LogP contribution in [-0.4, -0.2) is 38.2 Å². The minimum Gasteiger partial charge on any atom is -0.492 e. The Morgan fingerprint density at radius 3 is 2.93 bits per heavy atom. The summed E-state index contributed by atoms with van der Waals surface area (Å²) in [5.74, 6) is 2.36. The first-order valence-corrected chi connectivity index (χ1v) is 9.37. The molecule has 1 atom stereocenters. The number of Topliss-reactive ketones (excluding diaryl/α,β-unsaturated/α-hetero) is 1. The first-order valence-electron chi connectivity index (χ1n) is 9.37. The van der Waals surface area contributed by atoms with Crippen molar-refractivity contribution in [2.24, 2.45) is 0 Å². The Labute approximate surface area is 162 Å². The molecule has 0 saturated heterocycles. The zero-order valence-corrected chi connectivity index (χ0v) is 15.9. The Bertz CT molecular complexity index is 1040. The van der Waals surface area contributed by atoms with E-state index in [1.165, 1.54) is 0 Å². The molecule has 2 aromatic carbocycles. The smallest absolute Gasteiger partial charge is 0.231 e. The van der Waals surface area contributed by atoms with Crippen LogP contribution in [0.25, 0.3) is 11.0 Å². The van der Waals surface area contributed by atoms with Crippen molar-refractivity contribution >= 4 is 16.8 Å². The molecule has 1 aromatic heterocycles. The van der Waals surface area contributed by atoms with E-state index >= 15 is 0 Å². The van der Waals surface area contributed by atoms with E-state index in [4.69, 9.17) is 18.6 Å². The molecule has 0 N–H and O–H groups in total. The highest BCUT2D eigenvalue weighted by Gasteiger charge is 2.35. The number of fused-ring (bicyclic) bond motifs is 3. The second-order valence-electron chi connectivity index (χ2n) is 7.24. The SMILES string of the molecule is COc1c2c(cc3c1C(CC(=O)c1cc4ccccc4o1)N(C)CC3)OCO2. The molecular weight excluding hydrogens is 358 g/mol. The number of ketones is 1. The molecule has 3 aromatic rings. The number of benzene rings is 2. The molecule has 0 fully saturated rings. The van der Waals surface area contributed by atoms with Crippen LogP contribution in [-0.2, 0) is 6.42 Å². The van der Waals surface area contributed by atoms with E-state index in [1.807, 2.05) is 43.4 Å². The third kappa shape index (κ3) is 2.64. The summed E-state index contributed by atoms with van der Waals surface area (Å²) in [6.45, 7) is 1.04. The summed E-state index contributed by atoms with van der Waals surface area (Å²) >= 11 is 0. The van der Waals surface area contributed by atoms with Crippen molar-refractivity contribution in [3.8, 4) is 17.2 Å². The zero-order chi connectivity index (χ0) is 19.3. The van der Waals surface area contributed by atoms with Gasteiger partial charge in [-0.3, -0.25) is 9.69 Å². The van der Waals surface area contributed by atoms with Gasteiger partial charge in [-0.15, -0.1) is 0 Å². The maximum Gasteiger partial charge on any atom is 0.231 e. The molecule has 2 aliphatic rings. The molecule has 1 unspecified atom stereocenters. The van der Waals surface area contributed by atoms with Crippen molar-refractivity contribution in [2.75, 3.05) is 27.5 Å². The van der Waals surface area contributed by atoms with E-state index < -0.39 is 0 Å². The van der Waals surface area contributed by atoms with Crippen LogP contribution in [0.2, 0.25) is 0 Å². The minimum atomic E-state index is -0.117. The van der Waals surface area contributed by atoms with E-state index in [2.05, 4.69) is 4.90 Å². The molecule has 2 aliphatic heterocycles. The van der Waals surface area contributed by atoms with Crippen LogP contribution in [0.15, 0.2) is 40.8 Å². The van der Waals surface area contributed by atoms with Gasteiger partial charge in [0, 0.05) is 30.0 Å². The number of likely N-dealkylation sites (N-methyl/N-ethyl adjacent to an activating group) is 1. The number of methoxy groups -OCH3 is 1. The minimum absolute atomic E-state index is 0.0272. The normalized spacial score (nSPS) is 18.3. The number of carbonyl (C=O) groups is 1. The van der Waals surface area contributed by atoms with E-state index in [0.29, 0.717) is 29.4 Å². The third-order valence-electron chi connectivity index (χ3n) is 5.63. The lowest BCUT2D eigenvalue weighted by molar-refractivity contribution is 0.0900. The Kier molecular flexibility index (Phi) is 4.02. The average molecular weight is 379 g/mol. The van der Waals surface area contributed by atoms with Gasteiger partial charge in [-0.25, -0.2) is 0 Å². The second kappa shape index (κ2) is 6.56. The summed E-state index contributed by atoms with van der Waals surface area (Å²) in [6.07, 6.45) is 1.17. The van der Waals surface area contributed by atoms with E-state index in [-0.39, 0.29) is 18.6 Å². The predicted molar refractivity (Wildman–Crippen MR) is 103 cm³/mol. The first kappa shape index (κ1) is 17.1. The summed E-state index contributed by atoms with van der Waals surface area (Å²) in [4.78, 5) is 15.2. The van der Waals surface area contributed by atoms with Crippen molar-refractivity contribution in [1.29, 1.82) is 0 Å². The van der Waals surface area contributed by atoms with Gasteiger partial charge in [0.2, 0.25) is 12.5 Å². The lowest BCUT2D eigenvalue weighted by atomic mass is 9.88. The fourth-order valence-electron chi connectivity index (χ4n) is 4.18. The van der Waals surface area contributed by atoms with Gasteiger partial charge in [0.25, 0.3) is 0 Å². The fourth-order valence-corrected chi connectivity index (χ4v) is 4.18.